The molecule has 1 aromatic rings. The van der Waals surface area contributed by atoms with Crippen LogP contribution in [0.3, 0.4) is 0 Å². The highest BCUT2D eigenvalue weighted by atomic mass is 35.5. The summed E-state index contributed by atoms with van der Waals surface area (Å²) < 4.78 is 0.733. The minimum absolute atomic E-state index is 0. The van der Waals surface area contributed by atoms with E-state index in [1.54, 1.807) is 0 Å². The van der Waals surface area contributed by atoms with E-state index in [1.165, 1.54) is 11.3 Å². The van der Waals surface area contributed by atoms with Crippen LogP contribution in [0.5, 0.6) is 0 Å². The van der Waals surface area contributed by atoms with Gasteiger partial charge in [0.25, 0.3) is 0 Å². The van der Waals surface area contributed by atoms with Gasteiger partial charge in [-0.25, -0.2) is 0 Å². The maximum absolute atomic E-state index is 11.4. The van der Waals surface area contributed by atoms with Crippen molar-refractivity contribution in [1.29, 1.82) is 0 Å². The molecular weight excluding hydrogens is 267 g/mol. The standard InChI is InChI=1S/C10H15ClN2OS.ClH/c1-2-3-8(12)10(14)13-6-7-4-5-9(11)15-7;/h4-5,8H,2-3,6,12H2,1H3,(H,13,14);1H. The molecule has 1 heterocycles. The minimum Gasteiger partial charge on any atom is -0.350 e. The van der Waals surface area contributed by atoms with Gasteiger partial charge in [-0.05, 0) is 18.6 Å². The van der Waals surface area contributed by atoms with Crippen LogP contribution in [-0.4, -0.2) is 11.9 Å². The molecule has 1 atom stereocenters. The number of carbonyl (C=O) groups excluding carboxylic acids is 1. The second kappa shape index (κ2) is 7.90. The zero-order valence-corrected chi connectivity index (χ0v) is 11.4. The van der Waals surface area contributed by atoms with Gasteiger partial charge >= 0.3 is 0 Å². The number of hydrogen-bond acceptors (Lipinski definition) is 3. The molecule has 3 nitrogen and oxygen atoms in total. The molecule has 0 saturated heterocycles. The molecule has 0 fully saturated rings. The van der Waals surface area contributed by atoms with E-state index in [9.17, 15) is 4.79 Å². The third kappa shape index (κ3) is 5.16. The Bertz CT molecular complexity index is 330. The molecule has 1 aromatic heterocycles. The van der Waals surface area contributed by atoms with E-state index in [1.807, 2.05) is 19.1 Å². The van der Waals surface area contributed by atoms with Crippen LogP contribution < -0.4 is 11.1 Å². The number of halogens is 2. The SMILES string of the molecule is CCCC(N)C(=O)NCc1ccc(Cl)s1.Cl. The van der Waals surface area contributed by atoms with Crippen molar-refractivity contribution in [2.45, 2.75) is 32.4 Å². The average Bonchev–Trinajstić information content (AvgIpc) is 2.61. The predicted molar refractivity (Wildman–Crippen MR) is 71.3 cm³/mol. The molecule has 16 heavy (non-hydrogen) atoms. The van der Waals surface area contributed by atoms with Crippen molar-refractivity contribution < 1.29 is 4.79 Å². The highest BCUT2D eigenvalue weighted by molar-refractivity contribution is 7.16. The fourth-order valence-corrected chi connectivity index (χ4v) is 2.22. The fraction of sp³-hybridized carbons (Fsp3) is 0.500. The molecule has 0 aliphatic heterocycles. The fourth-order valence-electron chi connectivity index (χ4n) is 1.19. The second-order valence-electron chi connectivity index (χ2n) is 3.32. The molecule has 0 spiro atoms. The Morgan fingerprint density at radius 1 is 1.62 bits per heavy atom. The topological polar surface area (TPSA) is 55.1 Å². The van der Waals surface area contributed by atoms with Gasteiger partial charge in [0.2, 0.25) is 5.91 Å². The molecule has 1 amide bonds. The van der Waals surface area contributed by atoms with Gasteiger partial charge in [-0.15, -0.1) is 23.7 Å². The molecule has 0 aliphatic carbocycles. The first-order valence-electron chi connectivity index (χ1n) is 4.91. The van der Waals surface area contributed by atoms with Crippen LogP contribution in [0.2, 0.25) is 4.34 Å². The van der Waals surface area contributed by atoms with E-state index in [4.69, 9.17) is 17.3 Å². The number of amides is 1. The Hall–Kier alpha value is -0.290. The summed E-state index contributed by atoms with van der Waals surface area (Å²) in [5.41, 5.74) is 5.66. The normalized spacial score (nSPS) is 11.7. The zero-order valence-electron chi connectivity index (χ0n) is 9.03. The van der Waals surface area contributed by atoms with Crippen LogP contribution in [0.1, 0.15) is 24.6 Å². The third-order valence-corrected chi connectivity index (χ3v) is 3.23. The summed E-state index contributed by atoms with van der Waals surface area (Å²) in [7, 11) is 0. The van der Waals surface area contributed by atoms with Gasteiger partial charge in [0.1, 0.15) is 0 Å². The van der Waals surface area contributed by atoms with Crippen molar-refractivity contribution in [3.63, 3.8) is 0 Å². The van der Waals surface area contributed by atoms with E-state index < -0.39 is 6.04 Å². The maximum Gasteiger partial charge on any atom is 0.237 e. The van der Waals surface area contributed by atoms with Crippen LogP contribution in [-0.2, 0) is 11.3 Å². The summed E-state index contributed by atoms with van der Waals surface area (Å²) in [4.78, 5) is 12.5. The summed E-state index contributed by atoms with van der Waals surface area (Å²) in [6, 6.07) is 3.32. The first-order chi connectivity index (χ1) is 7.13. The molecule has 0 aromatic carbocycles. The smallest absolute Gasteiger partial charge is 0.237 e. The van der Waals surface area contributed by atoms with Crippen LogP contribution in [0, 0.1) is 0 Å². The molecule has 3 N–H and O–H groups in total. The Morgan fingerprint density at radius 3 is 2.81 bits per heavy atom. The lowest BCUT2D eigenvalue weighted by molar-refractivity contribution is -0.122. The number of rotatable bonds is 5. The summed E-state index contributed by atoms with van der Waals surface area (Å²) in [5.74, 6) is -0.0960. The van der Waals surface area contributed by atoms with E-state index >= 15 is 0 Å². The van der Waals surface area contributed by atoms with Crippen LogP contribution in [0.4, 0.5) is 0 Å². The molecule has 6 heteroatoms. The van der Waals surface area contributed by atoms with Gasteiger partial charge in [-0.3, -0.25) is 4.79 Å². The monoisotopic (exact) mass is 282 g/mol. The van der Waals surface area contributed by atoms with E-state index in [0.717, 1.165) is 22.1 Å². The highest BCUT2D eigenvalue weighted by Gasteiger charge is 2.11. The largest absolute Gasteiger partial charge is 0.350 e. The van der Waals surface area contributed by atoms with Crippen molar-refractivity contribution in [1.82, 2.24) is 5.32 Å². The average molecular weight is 283 g/mol. The van der Waals surface area contributed by atoms with Crippen molar-refractivity contribution >= 4 is 41.3 Å². The minimum atomic E-state index is -0.398. The Kier molecular flexibility index (Phi) is 7.76. The van der Waals surface area contributed by atoms with Gasteiger partial charge in [0, 0.05) is 4.88 Å². The predicted octanol–water partition coefficient (Wildman–Crippen LogP) is 2.57. The summed E-state index contributed by atoms with van der Waals surface area (Å²) >= 11 is 7.23. The lowest BCUT2D eigenvalue weighted by Crippen LogP contribution is -2.39. The number of nitrogens with two attached hydrogens (primary N) is 1. The van der Waals surface area contributed by atoms with Gasteiger partial charge in [-0.1, -0.05) is 24.9 Å². The van der Waals surface area contributed by atoms with Gasteiger partial charge in [0.05, 0.1) is 16.9 Å². The quantitative estimate of drug-likeness (QED) is 0.872. The molecule has 0 radical (unpaired) electrons. The van der Waals surface area contributed by atoms with Crippen molar-refractivity contribution in [2.75, 3.05) is 0 Å². The summed E-state index contributed by atoms with van der Waals surface area (Å²) in [5, 5.41) is 2.78. The van der Waals surface area contributed by atoms with E-state index in [2.05, 4.69) is 5.32 Å². The summed E-state index contributed by atoms with van der Waals surface area (Å²) in [6.07, 6.45) is 1.64. The van der Waals surface area contributed by atoms with E-state index in [-0.39, 0.29) is 18.3 Å². The lowest BCUT2D eigenvalue weighted by Gasteiger charge is -2.09. The molecule has 0 aliphatic rings. The lowest BCUT2D eigenvalue weighted by atomic mass is 10.2. The van der Waals surface area contributed by atoms with Gasteiger partial charge in [-0.2, -0.15) is 0 Å². The van der Waals surface area contributed by atoms with Gasteiger partial charge < -0.3 is 11.1 Å². The van der Waals surface area contributed by atoms with Crippen LogP contribution in [0.15, 0.2) is 12.1 Å². The van der Waals surface area contributed by atoms with Crippen molar-refractivity contribution in [3.8, 4) is 0 Å². The molecule has 0 saturated carbocycles. The molecule has 92 valence electrons. The molecule has 0 bridgehead atoms. The van der Waals surface area contributed by atoms with Crippen LogP contribution >= 0.6 is 35.3 Å². The highest BCUT2D eigenvalue weighted by Crippen LogP contribution is 2.20. The van der Waals surface area contributed by atoms with Gasteiger partial charge in [0.15, 0.2) is 0 Å². The molecule has 1 rings (SSSR count). The Balaban J connectivity index is 0.00000225. The number of hydrogen-bond donors (Lipinski definition) is 2. The zero-order chi connectivity index (χ0) is 11.3. The molecule has 1 unspecified atom stereocenters. The first kappa shape index (κ1) is 15.7. The number of carbonyl (C=O) groups is 1. The second-order valence-corrected chi connectivity index (χ2v) is 5.12. The number of thiophene rings is 1. The van der Waals surface area contributed by atoms with Crippen molar-refractivity contribution in [2.24, 2.45) is 5.73 Å². The third-order valence-electron chi connectivity index (χ3n) is 2.00. The molecular formula is C10H16Cl2N2OS. The first-order valence-corrected chi connectivity index (χ1v) is 6.10. The number of nitrogens with one attached hydrogen (secondary N) is 1. The van der Waals surface area contributed by atoms with E-state index in [0.29, 0.717) is 6.54 Å². The van der Waals surface area contributed by atoms with Crippen LogP contribution in [0.25, 0.3) is 0 Å². The summed E-state index contributed by atoms with van der Waals surface area (Å²) in [6.45, 7) is 2.51. The maximum atomic E-state index is 11.4. The Labute approximate surface area is 111 Å². The van der Waals surface area contributed by atoms with Crippen molar-refractivity contribution in [3.05, 3.63) is 21.3 Å². The Morgan fingerprint density at radius 2 is 2.31 bits per heavy atom.